The Balaban J connectivity index is 4.95. The summed E-state index contributed by atoms with van der Waals surface area (Å²) in [4.78, 5) is 0. The van der Waals surface area contributed by atoms with Crippen molar-refractivity contribution in [1.82, 2.24) is 8.61 Å². The highest BCUT2D eigenvalue weighted by atomic mass is 32.2. The van der Waals surface area contributed by atoms with E-state index in [9.17, 15) is 8.42 Å². The van der Waals surface area contributed by atoms with Gasteiger partial charge in [0.05, 0.1) is 6.61 Å². The van der Waals surface area contributed by atoms with Crippen LogP contribution >= 0.6 is 0 Å². The highest BCUT2D eigenvalue weighted by Gasteiger charge is 2.29. The van der Waals surface area contributed by atoms with Crippen LogP contribution in [-0.2, 0) is 10.2 Å². The zero-order chi connectivity index (χ0) is 12.1. The number of aliphatic hydroxyl groups excluding tert-OH is 1. The third kappa shape index (κ3) is 3.71. The highest BCUT2D eigenvalue weighted by Crippen LogP contribution is 2.14. The molecular weight excluding hydrogens is 216 g/mol. The van der Waals surface area contributed by atoms with E-state index in [1.807, 2.05) is 13.8 Å². The zero-order valence-corrected chi connectivity index (χ0v) is 10.8. The second-order valence-electron chi connectivity index (χ2n) is 3.59. The van der Waals surface area contributed by atoms with Crippen LogP contribution in [0.1, 0.15) is 26.7 Å². The van der Waals surface area contributed by atoms with Crippen LogP contribution in [0.15, 0.2) is 0 Å². The average Bonchev–Trinajstić information content (AvgIpc) is 2.18. The van der Waals surface area contributed by atoms with Crippen molar-refractivity contribution < 1.29 is 13.5 Å². The second-order valence-corrected chi connectivity index (χ2v) is 5.69. The van der Waals surface area contributed by atoms with Gasteiger partial charge in [-0.3, -0.25) is 0 Å². The van der Waals surface area contributed by atoms with E-state index in [-0.39, 0.29) is 19.2 Å². The predicted octanol–water partition coefficient (Wildman–Crippen LogP) is 0.276. The van der Waals surface area contributed by atoms with Crippen LogP contribution in [0.4, 0.5) is 0 Å². The number of aliphatic hydroxyl groups is 1. The summed E-state index contributed by atoms with van der Waals surface area (Å²) in [6, 6.07) is -0.0375. The lowest BCUT2D eigenvalue weighted by molar-refractivity contribution is 0.212. The molecule has 92 valence electrons. The van der Waals surface area contributed by atoms with Crippen molar-refractivity contribution in [3.63, 3.8) is 0 Å². The van der Waals surface area contributed by atoms with Crippen molar-refractivity contribution in [2.75, 3.05) is 27.2 Å². The minimum Gasteiger partial charge on any atom is -0.395 e. The van der Waals surface area contributed by atoms with Gasteiger partial charge in [0.1, 0.15) is 0 Å². The minimum atomic E-state index is -3.42. The Morgan fingerprint density at radius 3 is 1.93 bits per heavy atom. The molecule has 0 aromatic heterocycles. The monoisotopic (exact) mass is 238 g/mol. The van der Waals surface area contributed by atoms with E-state index in [4.69, 9.17) is 5.11 Å². The molecule has 0 unspecified atom stereocenters. The summed E-state index contributed by atoms with van der Waals surface area (Å²) in [5.74, 6) is 0. The molecule has 0 radical (unpaired) electrons. The molecule has 0 amide bonds. The summed E-state index contributed by atoms with van der Waals surface area (Å²) in [7, 11) is -0.414. The molecule has 0 aromatic rings. The van der Waals surface area contributed by atoms with Gasteiger partial charge in [0.15, 0.2) is 0 Å². The largest absolute Gasteiger partial charge is 0.395 e. The van der Waals surface area contributed by atoms with E-state index in [0.717, 1.165) is 12.8 Å². The molecule has 0 aliphatic heterocycles. The van der Waals surface area contributed by atoms with Gasteiger partial charge >= 0.3 is 0 Å². The Bertz CT molecular complexity index is 261. The van der Waals surface area contributed by atoms with Gasteiger partial charge in [0.25, 0.3) is 10.2 Å². The maximum absolute atomic E-state index is 11.9. The van der Waals surface area contributed by atoms with Gasteiger partial charge in [0.2, 0.25) is 0 Å². The van der Waals surface area contributed by atoms with Crippen LogP contribution in [0.2, 0.25) is 0 Å². The molecule has 0 rings (SSSR count). The number of rotatable bonds is 7. The van der Waals surface area contributed by atoms with Gasteiger partial charge in [0, 0.05) is 26.7 Å². The molecular formula is C9H22N2O3S. The third-order valence-corrected chi connectivity index (χ3v) is 4.42. The van der Waals surface area contributed by atoms with E-state index in [0.29, 0.717) is 0 Å². The quantitative estimate of drug-likeness (QED) is 0.693. The van der Waals surface area contributed by atoms with Gasteiger partial charge < -0.3 is 5.11 Å². The second kappa shape index (κ2) is 6.42. The predicted molar refractivity (Wildman–Crippen MR) is 60.8 cm³/mol. The summed E-state index contributed by atoms with van der Waals surface area (Å²) < 4.78 is 26.4. The van der Waals surface area contributed by atoms with Crippen LogP contribution in [-0.4, -0.2) is 55.4 Å². The third-order valence-electron chi connectivity index (χ3n) is 2.43. The summed E-state index contributed by atoms with van der Waals surface area (Å²) in [5.41, 5.74) is 0. The smallest absolute Gasteiger partial charge is 0.281 e. The molecule has 0 aromatic carbocycles. The standard InChI is InChI=1S/C9H22N2O3S/c1-5-9(6-2)11(7-8-12)15(13,14)10(3)4/h9,12H,5-8H2,1-4H3. The molecule has 0 aliphatic carbocycles. The van der Waals surface area contributed by atoms with Crippen molar-refractivity contribution in [3.05, 3.63) is 0 Å². The summed E-state index contributed by atoms with van der Waals surface area (Å²) in [5, 5.41) is 8.90. The van der Waals surface area contributed by atoms with Crippen LogP contribution in [0, 0.1) is 0 Å². The van der Waals surface area contributed by atoms with Gasteiger partial charge in [-0.1, -0.05) is 13.8 Å². The molecule has 0 saturated heterocycles. The summed E-state index contributed by atoms with van der Waals surface area (Å²) >= 11 is 0. The first-order valence-electron chi connectivity index (χ1n) is 5.21. The minimum absolute atomic E-state index is 0.0375. The molecule has 0 aliphatic rings. The molecule has 15 heavy (non-hydrogen) atoms. The molecule has 1 N–H and O–H groups in total. The lowest BCUT2D eigenvalue weighted by Crippen LogP contribution is -2.47. The molecule has 0 bridgehead atoms. The summed E-state index contributed by atoms with van der Waals surface area (Å²) in [6.07, 6.45) is 1.51. The van der Waals surface area contributed by atoms with Crippen molar-refractivity contribution in [2.45, 2.75) is 32.7 Å². The van der Waals surface area contributed by atoms with Crippen LogP contribution in [0.3, 0.4) is 0 Å². The fourth-order valence-corrected chi connectivity index (χ4v) is 2.90. The maximum atomic E-state index is 11.9. The van der Waals surface area contributed by atoms with Crippen molar-refractivity contribution >= 4 is 10.2 Å². The fourth-order valence-electron chi connectivity index (χ4n) is 1.49. The molecule has 0 fully saturated rings. The van der Waals surface area contributed by atoms with Gasteiger partial charge in [-0.2, -0.15) is 17.0 Å². The normalized spacial score (nSPS) is 13.1. The number of hydrogen-bond acceptors (Lipinski definition) is 3. The lowest BCUT2D eigenvalue weighted by Gasteiger charge is -2.31. The molecule has 0 atom stereocenters. The van der Waals surface area contributed by atoms with Gasteiger partial charge in [-0.15, -0.1) is 0 Å². The average molecular weight is 238 g/mol. The fraction of sp³-hybridized carbons (Fsp3) is 1.00. The first-order valence-corrected chi connectivity index (χ1v) is 6.61. The molecule has 6 heteroatoms. The van der Waals surface area contributed by atoms with E-state index in [1.54, 1.807) is 0 Å². The highest BCUT2D eigenvalue weighted by molar-refractivity contribution is 7.86. The van der Waals surface area contributed by atoms with Gasteiger partial charge in [-0.25, -0.2) is 0 Å². The first kappa shape index (κ1) is 14.8. The van der Waals surface area contributed by atoms with Crippen molar-refractivity contribution in [2.24, 2.45) is 0 Å². The lowest BCUT2D eigenvalue weighted by atomic mass is 10.2. The molecule has 0 heterocycles. The zero-order valence-electron chi connectivity index (χ0n) is 9.97. The maximum Gasteiger partial charge on any atom is 0.281 e. The molecule has 0 saturated carbocycles. The van der Waals surface area contributed by atoms with Gasteiger partial charge in [-0.05, 0) is 12.8 Å². The topological polar surface area (TPSA) is 60.9 Å². The van der Waals surface area contributed by atoms with E-state index in [1.165, 1.54) is 22.7 Å². The Hall–Kier alpha value is -0.170. The molecule has 0 spiro atoms. The van der Waals surface area contributed by atoms with Crippen LogP contribution in [0.5, 0.6) is 0 Å². The Labute approximate surface area is 92.9 Å². The molecule has 5 nitrogen and oxygen atoms in total. The van der Waals surface area contributed by atoms with E-state index < -0.39 is 10.2 Å². The van der Waals surface area contributed by atoms with Crippen molar-refractivity contribution in [3.8, 4) is 0 Å². The Morgan fingerprint density at radius 2 is 1.67 bits per heavy atom. The number of nitrogens with zero attached hydrogens (tertiary/aromatic N) is 2. The Kier molecular flexibility index (Phi) is 6.35. The Morgan fingerprint density at radius 1 is 1.20 bits per heavy atom. The summed E-state index contributed by atoms with van der Waals surface area (Å²) in [6.45, 7) is 3.91. The number of hydrogen-bond donors (Lipinski definition) is 1. The first-order chi connectivity index (χ1) is 6.91. The van der Waals surface area contributed by atoms with Crippen LogP contribution < -0.4 is 0 Å². The van der Waals surface area contributed by atoms with Crippen molar-refractivity contribution in [1.29, 1.82) is 0 Å². The van der Waals surface area contributed by atoms with E-state index >= 15 is 0 Å². The SMILES string of the molecule is CCC(CC)N(CCO)S(=O)(=O)N(C)C. The van der Waals surface area contributed by atoms with E-state index in [2.05, 4.69) is 0 Å². The van der Waals surface area contributed by atoms with Crippen LogP contribution in [0.25, 0.3) is 0 Å².